The standard InChI is InChI=1S/C12H16N2O/c15-12-8-11(6-7-13-12)14-9-10-4-2-1-3-5-10/h1-5,11,14H,6-9H2,(H,13,15). The summed E-state index contributed by atoms with van der Waals surface area (Å²) in [5.74, 6) is 0.159. The minimum Gasteiger partial charge on any atom is -0.356 e. The highest BCUT2D eigenvalue weighted by molar-refractivity contribution is 5.77. The Labute approximate surface area is 89.9 Å². The lowest BCUT2D eigenvalue weighted by Crippen LogP contribution is -2.42. The molecule has 3 heteroatoms. The number of carbonyl (C=O) groups is 1. The van der Waals surface area contributed by atoms with Crippen LogP contribution in [-0.2, 0) is 11.3 Å². The minimum absolute atomic E-state index is 0.159. The van der Waals surface area contributed by atoms with Gasteiger partial charge in [-0.1, -0.05) is 30.3 Å². The van der Waals surface area contributed by atoms with Crippen molar-refractivity contribution in [2.75, 3.05) is 6.54 Å². The van der Waals surface area contributed by atoms with E-state index in [1.54, 1.807) is 0 Å². The van der Waals surface area contributed by atoms with E-state index in [4.69, 9.17) is 0 Å². The monoisotopic (exact) mass is 204 g/mol. The molecule has 80 valence electrons. The molecule has 15 heavy (non-hydrogen) atoms. The SMILES string of the molecule is O=C1CC(NCc2ccccc2)CCN1. The van der Waals surface area contributed by atoms with Crippen LogP contribution in [0.1, 0.15) is 18.4 Å². The van der Waals surface area contributed by atoms with Crippen LogP contribution in [0.25, 0.3) is 0 Å². The number of hydrogen-bond donors (Lipinski definition) is 2. The quantitative estimate of drug-likeness (QED) is 0.773. The van der Waals surface area contributed by atoms with Gasteiger partial charge in [0.05, 0.1) is 0 Å². The Balaban J connectivity index is 1.80. The van der Waals surface area contributed by atoms with Gasteiger partial charge in [0.15, 0.2) is 0 Å². The third kappa shape index (κ3) is 3.06. The van der Waals surface area contributed by atoms with Gasteiger partial charge < -0.3 is 10.6 Å². The van der Waals surface area contributed by atoms with Gasteiger partial charge >= 0.3 is 0 Å². The molecule has 0 radical (unpaired) electrons. The molecule has 0 saturated carbocycles. The maximum Gasteiger partial charge on any atom is 0.221 e. The van der Waals surface area contributed by atoms with Crippen LogP contribution < -0.4 is 10.6 Å². The Morgan fingerprint density at radius 2 is 2.13 bits per heavy atom. The largest absolute Gasteiger partial charge is 0.356 e. The van der Waals surface area contributed by atoms with Gasteiger partial charge in [-0.15, -0.1) is 0 Å². The van der Waals surface area contributed by atoms with Crippen molar-refractivity contribution in [3.63, 3.8) is 0 Å². The zero-order valence-electron chi connectivity index (χ0n) is 8.70. The van der Waals surface area contributed by atoms with Gasteiger partial charge in [0.2, 0.25) is 5.91 Å². The molecule has 1 amide bonds. The molecular weight excluding hydrogens is 188 g/mol. The van der Waals surface area contributed by atoms with E-state index in [-0.39, 0.29) is 5.91 Å². The smallest absolute Gasteiger partial charge is 0.221 e. The van der Waals surface area contributed by atoms with Gasteiger partial charge in [0.1, 0.15) is 0 Å². The second-order valence-corrected chi connectivity index (χ2v) is 3.91. The van der Waals surface area contributed by atoms with Crippen molar-refractivity contribution in [3.05, 3.63) is 35.9 Å². The lowest BCUT2D eigenvalue weighted by Gasteiger charge is -2.23. The molecule has 1 heterocycles. The predicted octanol–water partition coefficient (Wildman–Crippen LogP) is 1.05. The Kier molecular flexibility index (Phi) is 3.35. The molecular formula is C12H16N2O. The molecule has 1 aromatic carbocycles. The summed E-state index contributed by atoms with van der Waals surface area (Å²) in [6.07, 6.45) is 1.63. The van der Waals surface area contributed by atoms with Crippen molar-refractivity contribution in [1.29, 1.82) is 0 Å². The highest BCUT2D eigenvalue weighted by Crippen LogP contribution is 2.05. The van der Waals surface area contributed by atoms with E-state index < -0.39 is 0 Å². The number of rotatable bonds is 3. The van der Waals surface area contributed by atoms with Crippen LogP contribution in [0.5, 0.6) is 0 Å². The van der Waals surface area contributed by atoms with E-state index >= 15 is 0 Å². The second kappa shape index (κ2) is 4.94. The molecule has 1 unspecified atom stereocenters. The van der Waals surface area contributed by atoms with Crippen molar-refractivity contribution in [2.24, 2.45) is 0 Å². The molecule has 1 fully saturated rings. The summed E-state index contributed by atoms with van der Waals surface area (Å²) in [7, 11) is 0. The maximum absolute atomic E-state index is 11.1. The molecule has 0 aliphatic carbocycles. The summed E-state index contributed by atoms with van der Waals surface area (Å²) < 4.78 is 0. The second-order valence-electron chi connectivity index (χ2n) is 3.91. The van der Waals surface area contributed by atoms with E-state index in [0.29, 0.717) is 12.5 Å². The first kappa shape index (κ1) is 10.2. The highest BCUT2D eigenvalue weighted by atomic mass is 16.1. The average molecular weight is 204 g/mol. The number of benzene rings is 1. The Bertz CT molecular complexity index is 324. The molecule has 2 rings (SSSR count). The third-order valence-electron chi connectivity index (χ3n) is 2.68. The normalized spacial score (nSPS) is 21.1. The van der Waals surface area contributed by atoms with Gasteiger partial charge in [0, 0.05) is 25.6 Å². The molecule has 1 saturated heterocycles. The zero-order chi connectivity index (χ0) is 10.5. The first-order valence-electron chi connectivity index (χ1n) is 5.38. The molecule has 1 atom stereocenters. The average Bonchev–Trinajstić information content (AvgIpc) is 2.28. The first-order valence-corrected chi connectivity index (χ1v) is 5.38. The van der Waals surface area contributed by atoms with Gasteiger partial charge in [-0.05, 0) is 12.0 Å². The van der Waals surface area contributed by atoms with Crippen LogP contribution in [-0.4, -0.2) is 18.5 Å². The molecule has 1 aromatic rings. The number of carbonyl (C=O) groups excluding carboxylic acids is 1. The fourth-order valence-electron chi connectivity index (χ4n) is 1.82. The van der Waals surface area contributed by atoms with E-state index in [9.17, 15) is 4.79 Å². The topological polar surface area (TPSA) is 41.1 Å². The Morgan fingerprint density at radius 3 is 2.87 bits per heavy atom. The van der Waals surface area contributed by atoms with Crippen LogP contribution in [0.4, 0.5) is 0 Å². The molecule has 3 nitrogen and oxygen atoms in total. The number of nitrogens with one attached hydrogen (secondary N) is 2. The van der Waals surface area contributed by atoms with Crippen molar-refractivity contribution in [2.45, 2.75) is 25.4 Å². The molecule has 0 spiro atoms. The molecule has 0 bridgehead atoms. The van der Waals surface area contributed by atoms with Gasteiger partial charge in [-0.3, -0.25) is 4.79 Å². The van der Waals surface area contributed by atoms with E-state index in [1.807, 2.05) is 18.2 Å². The summed E-state index contributed by atoms with van der Waals surface area (Å²) in [6.45, 7) is 1.64. The fraction of sp³-hybridized carbons (Fsp3) is 0.417. The lowest BCUT2D eigenvalue weighted by atomic mass is 10.1. The van der Waals surface area contributed by atoms with Crippen LogP contribution in [0.3, 0.4) is 0 Å². The molecule has 1 aliphatic heterocycles. The van der Waals surface area contributed by atoms with Crippen molar-refractivity contribution >= 4 is 5.91 Å². The Morgan fingerprint density at radius 1 is 1.33 bits per heavy atom. The van der Waals surface area contributed by atoms with E-state index in [1.165, 1.54) is 5.56 Å². The van der Waals surface area contributed by atoms with Crippen molar-refractivity contribution in [3.8, 4) is 0 Å². The molecule has 1 aliphatic rings. The first-order chi connectivity index (χ1) is 7.34. The number of amides is 1. The van der Waals surface area contributed by atoms with Crippen LogP contribution in [0.2, 0.25) is 0 Å². The maximum atomic E-state index is 11.1. The van der Waals surface area contributed by atoms with Gasteiger partial charge in [0.25, 0.3) is 0 Å². The van der Waals surface area contributed by atoms with E-state index in [0.717, 1.165) is 19.5 Å². The lowest BCUT2D eigenvalue weighted by molar-refractivity contribution is -0.122. The van der Waals surface area contributed by atoms with Gasteiger partial charge in [-0.25, -0.2) is 0 Å². The van der Waals surface area contributed by atoms with Crippen LogP contribution >= 0.6 is 0 Å². The molecule has 0 aromatic heterocycles. The summed E-state index contributed by atoms with van der Waals surface area (Å²) in [5, 5.41) is 6.24. The summed E-state index contributed by atoms with van der Waals surface area (Å²) in [6, 6.07) is 10.6. The van der Waals surface area contributed by atoms with Crippen molar-refractivity contribution in [1.82, 2.24) is 10.6 Å². The highest BCUT2D eigenvalue weighted by Gasteiger charge is 2.17. The summed E-state index contributed by atoms with van der Waals surface area (Å²) in [5.41, 5.74) is 1.27. The van der Waals surface area contributed by atoms with Crippen LogP contribution in [0, 0.1) is 0 Å². The zero-order valence-corrected chi connectivity index (χ0v) is 8.70. The number of piperidine rings is 1. The fourth-order valence-corrected chi connectivity index (χ4v) is 1.82. The van der Waals surface area contributed by atoms with Crippen molar-refractivity contribution < 1.29 is 4.79 Å². The third-order valence-corrected chi connectivity index (χ3v) is 2.68. The predicted molar refractivity (Wildman–Crippen MR) is 59.3 cm³/mol. The summed E-state index contributed by atoms with van der Waals surface area (Å²) >= 11 is 0. The van der Waals surface area contributed by atoms with Crippen LogP contribution in [0.15, 0.2) is 30.3 Å². The van der Waals surface area contributed by atoms with E-state index in [2.05, 4.69) is 22.8 Å². The minimum atomic E-state index is 0.159. The number of hydrogen-bond acceptors (Lipinski definition) is 2. The Hall–Kier alpha value is -1.35. The molecule has 2 N–H and O–H groups in total. The van der Waals surface area contributed by atoms with Gasteiger partial charge in [-0.2, -0.15) is 0 Å². The summed E-state index contributed by atoms with van der Waals surface area (Å²) in [4.78, 5) is 11.1.